The highest BCUT2D eigenvalue weighted by molar-refractivity contribution is 5.41. The lowest BCUT2D eigenvalue weighted by Crippen LogP contribution is -2.43. The number of imidazole rings is 1. The zero-order valence-electron chi connectivity index (χ0n) is 11.8. The molecule has 116 valence electrons. The van der Waals surface area contributed by atoms with Crippen molar-refractivity contribution < 1.29 is 23.0 Å². The molecule has 1 atom stereocenters. The molecule has 0 saturated carbocycles. The van der Waals surface area contributed by atoms with Gasteiger partial charge in [-0.05, 0) is 30.2 Å². The van der Waals surface area contributed by atoms with Crippen molar-refractivity contribution in [2.75, 3.05) is 7.11 Å². The van der Waals surface area contributed by atoms with Gasteiger partial charge in [-0.3, -0.25) is 0 Å². The quantitative estimate of drug-likeness (QED) is 0.865. The molecule has 0 aliphatic rings. The van der Waals surface area contributed by atoms with Crippen molar-refractivity contribution in [2.45, 2.75) is 11.8 Å². The van der Waals surface area contributed by atoms with Gasteiger partial charge in [-0.25, -0.2) is 4.98 Å². The highest BCUT2D eigenvalue weighted by Gasteiger charge is 2.57. The minimum Gasteiger partial charge on any atom is -0.497 e. The molecule has 4 nitrogen and oxygen atoms in total. The van der Waals surface area contributed by atoms with Gasteiger partial charge in [0.1, 0.15) is 5.75 Å². The van der Waals surface area contributed by atoms with E-state index in [0.29, 0.717) is 11.3 Å². The fourth-order valence-corrected chi connectivity index (χ4v) is 1.80. The molecule has 1 aromatic carbocycles. The number of hydrogen-bond donors (Lipinski definition) is 1. The second-order valence-corrected chi connectivity index (χ2v) is 4.55. The van der Waals surface area contributed by atoms with Gasteiger partial charge in [0.25, 0.3) is 5.60 Å². The number of aryl methyl sites for hydroxylation is 1. The topological polar surface area (TPSA) is 47.3 Å². The molecule has 0 bridgehead atoms. The summed E-state index contributed by atoms with van der Waals surface area (Å²) in [6.45, 7) is 0. The Hall–Kier alpha value is -2.46. The van der Waals surface area contributed by atoms with Crippen molar-refractivity contribution in [2.24, 2.45) is 7.05 Å². The minimum atomic E-state index is -4.98. The van der Waals surface area contributed by atoms with Crippen LogP contribution in [0.3, 0.4) is 0 Å². The van der Waals surface area contributed by atoms with E-state index in [4.69, 9.17) is 4.74 Å². The van der Waals surface area contributed by atoms with Crippen molar-refractivity contribution >= 4 is 0 Å². The molecule has 1 heterocycles. The van der Waals surface area contributed by atoms with Crippen LogP contribution in [0.2, 0.25) is 0 Å². The smallest absolute Gasteiger partial charge is 0.436 e. The summed E-state index contributed by atoms with van der Waals surface area (Å²) in [5.41, 5.74) is -3.02. The minimum absolute atomic E-state index is 0.317. The van der Waals surface area contributed by atoms with Crippen LogP contribution in [0.25, 0.3) is 0 Å². The Morgan fingerprint density at radius 2 is 1.86 bits per heavy atom. The largest absolute Gasteiger partial charge is 0.497 e. The van der Waals surface area contributed by atoms with Gasteiger partial charge in [0.2, 0.25) is 0 Å². The molecule has 0 fully saturated rings. The van der Waals surface area contributed by atoms with Crippen molar-refractivity contribution in [3.8, 4) is 17.6 Å². The predicted octanol–water partition coefficient (Wildman–Crippen LogP) is 2.23. The number of rotatable bonds is 2. The zero-order valence-corrected chi connectivity index (χ0v) is 11.8. The number of halogens is 3. The number of benzene rings is 1. The Kier molecular flexibility index (Phi) is 4.15. The molecule has 0 saturated heterocycles. The fraction of sp³-hybridized carbons (Fsp3) is 0.267. The molecule has 1 unspecified atom stereocenters. The molecule has 22 heavy (non-hydrogen) atoms. The Balaban J connectivity index is 2.45. The highest BCUT2D eigenvalue weighted by Crippen LogP contribution is 2.37. The van der Waals surface area contributed by atoms with Gasteiger partial charge in [0, 0.05) is 25.0 Å². The SMILES string of the molecule is COc1ccc(C#CC(O)(c2nccn2C)C(F)(F)F)cc1. The maximum Gasteiger partial charge on any atom is 0.436 e. The second kappa shape index (κ2) is 5.73. The first-order chi connectivity index (χ1) is 10.3. The maximum atomic E-state index is 13.2. The number of methoxy groups -OCH3 is 1. The molecule has 2 rings (SSSR count). The Morgan fingerprint density at radius 3 is 2.32 bits per heavy atom. The molecule has 0 amide bonds. The van der Waals surface area contributed by atoms with Crippen LogP contribution in [-0.4, -0.2) is 27.9 Å². The average Bonchev–Trinajstić information content (AvgIpc) is 2.90. The monoisotopic (exact) mass is 310 g/mol. The molecular formula is C15H13F3N2O2. The van der Waals surface area contributed by atoms with E-state index >= 15 is 0 Å². The predicted molar refractivity (Wildman–Crippen MR) is 73.0 cm³/mol. The third-order valence-corrected chi connectivity index (χ3v) is 3.03. The van der Waals surface area contributed by atoms with Crippen LogP contribution in [0.4, 0.5) is 13.2 Å². The lowest BCUT2D eigenvalue weighted by molar-refractivity contribution is -0.244. The average molecular weight is 310 g/mol. The first-order valence-corrected chi connectivity index (χ1v) is 6.22. The third kappa shape index (κ3) is 2.92. The van der Waals surface area contributed by atoms with E-state index in [1.807, 2.05) is 5.92 Å². The molecule has 1 aromatic heterocycles. The van der Waals surface area contributed by atoms with E-state index in [9.17, 15) is 18.3 Å². The van der Waals surface area contributed by atoms with Gasteiger partial charge in [-0.2, -0.15) is 13.2 Å². The van der Waals surface area contributed by atoms with Gasteiger partial charge in [0.15, 0.2) is 5.82 Å². The lowest BCUT2D eigenvalue weighted by Gasteiger charge is -2.24. The highest BCUT2D eigenvalue weighted by atomic mass is 19.4. The zero-order chi connectivity index (χ0) is 16.4. The van der Waals surface area contributed by atoms with E-state index < -0.39 is 17.6 Å². The maximum absolute atomic E-state index is 13.2. The second-order valence-electron chi connectivity index (χ2n) is 4.55. The van der Waals surface area contributed by atoms with Gasteiger partial charge < -0.3 is 14.4 Å². The number of alkyl halides is 3. The van der Waals surface area contributed by atoms with Gasteiger partial charge in [-0.1, -0.05) is 5.92 Å². The van der Waals surface area contributed by atoms with Crippen LogP contribution in [0.1, 0.15) is 11.4 Å². The number of aromatic nitrogens is 2. The first kappa shape index (κ1) is 15.9. The van der Waals surface area contributed by atoms with Crippen molar-refractivity contribution in [3.05, 3.63) is 48.0 Å². The summed E-state index contributed by atoms with van der Waals surface area (Å²) in [6, 6.07) is 6.14. The number of nitrogens with zero attached hydrogens (tertiary/aromatic N) is 2. The number of hydrogen-bond acceptors (Lipinski definition) is 3. The van der Waals surface area contributed by atoms with Crippen LogP contribution in [0.5, 0.6) is 5.75 Å². The number of ether oxygens (including phenoxy) is 1. The van der Waals surface area contributed by atoms with Crippen molar-refractivity contribution in [1.29, 1.82) is 0 Å². The van der Waals surface area contributed by atoms with Crippen LogP contribution < -0.4 is 4.74 Å². The summed E-state index contributed by atoms with van der Waals surface area (Å²) in [5, 5.41) is 10.0. The summed E-state index contributed by atoms with van der Waals surface area (Å²) in [7, 11) is 2.83. The molecule has 2 aromatic rings. The molecular weight excluding hydrogens is 297 g/mol. The molecule has 0 aliphatic carbocycles. The van der Waals surface area contributed by atoms with Crippen molar-refractivity contribution in [3.63, 3.8) is 0 Å². The summed E-state index contributed by atoms with van der Waals surface area (Å²) < 4.78 is 45.8. The number of aliphatic hydroxyl groups is 1. The molecule has 1 N–H and O–H groups in total. The fourth-order valence-electron chi connectivity index (χ4n) is 1.80. The molecule has 0 radical (unpaired) electrons. The third-order valence-electron chi connectivity index (χ3n) is 3.03. The van der Waals surface area contributed by atoms with Gasteiger partial charge in [-0.15, -0.1) is 0 Å². The molecule has 0 spiro atoms. The first-order valence-electron chi connectivity index (χ1n) is 6.22. The van der Waals surface area contributed by atoms with Crippen LogP contribution in [0.15, 0.2) is 36.7 Å². The van der Waals surface area contributed by atoms with Gasteiger partial charge in [0.05, 0.1) is 7.11 Å². The summed E-state index contributed by atoms with van der Waals surface area (Å²) >= 11 is 0. The standard InChI is InChI=1S/C15H13F3N2O2/c1-20-10-9-19-13(20)14(21,15(16,17)18)8-7-11-3-5-12(22-2)6-4-11/h3-6,9-10,21H,1-2H3. The van der Waals surface area contributed by atoms with Crippen LogP contribution in [-0.2, 0) is 12.6 Å². The Morgan fingerprint density at radius 1 is 1.23 bits per heavy atom. The van der Waals surface area contributed by atoms with Gasteiger partial charge >= 0.3 is 6.18 Å². The lowest BCUT2D eigenvalue weighted by atomic mass is 10.0. The van der Waals surface area contributed by atoms with Crippen LogP contribution >= 0.6 is 0 Å². The normalized spacial score (nSPS) is 13.9. The molecule has 0 aliphatic heterocycles. The van der Waals surface area contributed by atoms with E-state index in [1.54, 1.807) is 12.1 Å². The van der Waals surface area contributed by atoms with E-state index in [1.165, 1.54) is 38.7 Å². The Bertz CT molecular complexity index is 711. The van der Waals surface area contributed by atoms with E-state index in [0.717, 1.165) is 4.57 Å². The van der Waals surface area contributed by atoms with Crippen LogP contribution in [0, 0.1) is 11.8 Å². The summed E-state index contributed by atoms with van der Waals surface area (Å²) in [4.78, 5) is 3.56. The summed E-state index contributed by atoms with van der Waals surface area (Å²) in [5.74, 6) is 4.19. The Labute approximate surface area is 125 Å². The summed E-state index contributed by atoms with van der Waals surface area (Å²) in [6.07, 6.45) is -2.51. The molecule has 7 heteroatoms. The van der Waals surface area contributed by atoms with E-state index in [2.05, 4.69) is 10.9 Å². The van der Waals surface area contributed by atoms with E-state index in [-0.39, 0.29) is 0 Å². The van der Waals surface area contributed by atoms with Crippen molar-refractivity contribution in [1.82, 2.24) is 9.55 Å².